The monoisotopic (exact) mass is 404 g/mol. The van der Waals surface area contributed by atoms with Gasteiger partial charge < -0.3 is 14.6 Å². The van der Waals surface area contributed by atoms with Crippen LogP contribution in [0.5, 0.6) is 5.88 Å². The van der Waals surface area contributed by atoms with Crippen LogP contribution in [0.1, 0.15) is 27.8 Å². The van der Waals surface area contributed by atoms with E-state index in [1.54, 1.807) is 42.5 Å². The van der Waals surface area contributed by atoms with Crippen LogP contribution in [-0.2, 0) is 35.8 Å². The van der Waals surface area contributed by atoms with Crippen LogP contribution in [0, 0.1) is 17.1 Å². The highest BCUT2D eigenvalue weighted by Crippen LogP contribution is 2.28. The summed E-state index contributed by atoms with van der Waals surface area (Å²) in [4.78, 5) is 15.6. The van der Waals surface area contributed by atoms with Crippen molar-refractivity contribution >= 4 is 5.97 Å². The second-order valence-corrected chi connectivity index (χ2v) is 6.91. The van der Waals surface area contributed by atoms with Gasteiger partial charge in [-0.3, -0.25) is 4.79 Å². The van der Waals surface area contributed by atoms with E-state index in [1.807, 2.05) is 0 Å². The van der Waals surface area contributed by atoms with Gasteiger partial charge in [-0.05, 0) is 52.6 Å². The average Bonchev–Trinajstić information content (AvgIpc) is 2.74. The van der Waals surface area contributed by atoms with Crippen LogP contribution >= 0.6 is 0 Å². The lowest BCUT2D eigenvalue weighted by atomic mass is 9.99. The first-order chi connectivity index (χ1) is 14.5. The first kappa shape index (κ1) is 19.6. The maximum atomic E-state index is 14.8. The van der Waals surface area contributed by atoms with Crippen LogP contribution in [0.15, 0.2) is 48.5 Å². The summed E-state index contributed by atoms with van der Waals surface area (Å²) in [5.74, 6) is -1.28. The van der Waals surface area contributed by atoms with Crippen molar-refractivity contribution in [1.82, 2.24) is 4.98 Å². The van der Waals surface area contributed by atoms with Gasteiger partial charge in [0.2, 0.25) is 5.88 Å². The van der Waals surface area contributed by atoms with Crippen molar-refractivity contribution in [3.63, 3.8) is 0 Å². The molecule has 1 aliphatic rings. The first-order valence-corrected chi connectivity index (χ1v) is 9.26. The molecule has 2 heterocycles. The molecule has 0 saturated heterocycles. The number of hydrogen-bond donors (Lipinski definition) is 1. The summed E-state index contributed by atoms with van der Waals surface area (Å²) in [6.07, 6.45) is -0.318. The number of aliphatic carboxylic acids is 1. The molecule has 0 saturated carbocycles. The number of aromatic nitrogens is 1. The number of hydrogen-bond acceptors (Lipinski definition) is 5. The van der Waals surface area contributed by atoms with Crippen LogP contribution in [0.3, 0.4) is 0 Å². The highest BCUT2D eigenvalue weighted by atomic mass is 19.1. The molecular weight excluding hydrogens is 387 g/mol. The summed E-state index contributed by atoms with van der Waals surface area (Å²) >= 11 is 0. The number of pyridine rings is 1. The predicted molar refractivity (Wildman–Crippen MR) is 105 cm³/mol. The minimum absolute atomic E-state index is 0.0899. The Morgan fingerprint density at radius 2 is 1.93 bits per heavy atom. The molecule has 4 bridgehead atoms. The molecule has 0 radical (unpaired) electrons. The molecule has 1 aliphatic heterocycles. The highest BCUT2D eigenvalue weighted by molar-refractivity contribution is 5.72. The summed E-state index contributed by atoms with van der Waals surface area (Å²) in [6, 6.07) is 15.2. The average molecular weight is 404 g/mol. The molecule has 0 spiro atoms. The fraction of sp³-hybridized carbons (Fsp3) is 0.174. The van der Waals surface area contributed by atoms with Gasteiger partial charge in [0, 0.05) is 11.6 Å². The Morgan fingerprint density at radius 3 is 2.73 bits per heavy atom. The number of halogens is 1. The minimum Gasteiger partial charge on any atom is -0.481 e. The SMILES string of the molecule is N#Cc1ccc2c(c1)COCc1cc(c(F)cc1CC(=O)O)-c1cccc(n1)OC2. The Hall–Kier alpha value is -3.76. The Morgan fingerprint density at radius 1 is 1.10 bits per heavy atom. The van der Waals surface area contributed by atoms with E-state index >= 15 is 0 Å². The van der Waals surface area contributed by atoms with E-state index in [4.69, 9.17) is 9.47 Å². The fourth-order valence-corrected chi connectivity index (χ4v) is 3.36. The Labute approximate surface area is 172 Å². The number of nitriles is 1. The first-order valence-electron chi connectivity index (χ1n) is 9.26. The zero-order chi connectivity index (χ0) is 21.1. The van der Waals surface area contributed by atoms with Crippen molar-refractivity contribution in [1.29, 1.82) is 5.26 Å². The van der Waals surface area contributed by atoms with Crippen molar-refractivity contribution < 1.29 is 23.8 Å². The molecule has 0 aliphatic carbocycles. The Bertz CT molecular complexity index is 1170. The van der Waals surface area contributed by atoms with E-state index in [2.05, 4.69) is 11.1 Å². The molecule has 0 atom stereocenters. The molecule has 1 N–H and O–H groups in total. The van der Waals surface area contributed by atoms with Gasteiger partial charge in [0.1, 0.15) is 12.4 Å². The fourth-order valence-electron chi connectivity index (χ4n) is 3.36. The standard InChI is InChI=1S/C23H17FN2O4/c24-20-8-16(9-23(27)28)18-7-19(20)21-2-1-3-22(26-21)30-13-15-5-4-14(10-25)6-17(15)11-29-12-18/h1-8H,9,11-13H2,(H,27,28). The van der Waals surface area contributed by atoms with E-state index in [-0.39, 0.29) is 31.8 Å². The van der Waals surface area contributed by atoms with E-state index in [0.717, 1.165) is 11.1 Å². The van der Waals surface area contributed by atoms with E-state index < -0.39 is 11.8 Å². The normalized spacial score (nSPS) is 12.9. The number of ether oxygens (including phenoxy) is 2. The lowest BCUT2D eigenvalue weighted by molar-refractivity contribution is -0.136. The van der Waals surface area contributed by atoms with Gasteiger partial charge in [-0.25, -0.2) is 9.37 Å². The number of benzene rings is 2. The third-order valence-electron chi connectivity index (χ3n) is 4.86. The summed E-state index contributed by atoms with van der Waals surface area (Å²) in [5.41, 5.74) is 3.66. The summed E-state index contributed by atoms with van der Waals surface area (Å²) in [5, 5.41) is 18.4. The number of carboxylic acid groups (broad SMARTS) is 1. The van der Waals surface area contributed by atoms with E-state index in [9.17, 15) is 19.6 Å². The van der Waals surface area contributed by atoms with Crippen LogP contribution in [-0.4, -0.2) is 16.1 Å². The number of rotatable bonds is 2. The quantitative estimate of drug-likeness (QED) is 0.694. The van der Waals surface area contributed by atoms with Crippen LogP contribution < -0.4 is 4.74 Å². The van der Waals surface area contributed by atoms with Crippen LogP contribution in [0.4, 0.5) is 4.39 Å². The Kier molecular flexibility index (Phi) is 5.42. The summed E-state index contributed by atoms with van der Waals surface area (Å²) in [7, 11) is 0. The molecule has 3 aromatic rings. The second-order valence-electron chi connectivity index (χ2n) is 6.91. The molecule has 1 aromatic heterocycles. The van der Waals surface area contributed by atoms with Crippen molar-refractivity contribution in [3.05, 3.63) is 82.2 Å². The van der Waals surface area contributed by atoms with Crippen molar-refractivity contribution in [2.45, 2.75) is 26.2 Å². The summed E-state index contributed by atoms with van der Waals surface area (Å²) in [6.45, 7) is 0.496. The molecule has 0 unspecified atom stereocenters. The smallest absolute Gasteiger partial charge is 0.307 e. The molecule has 4 rings (SSSR count). The lowest BCUT2D eigenvalue weighted by Crippen LogP contribution is -2.07. The molecular formula is C23H17FN2O4. The highest BCUT2D eigenvalue weighted by Gasteiger charge is 2.17. The van der Waals surface area contributed by atoms with Gasteiger partial charge in [0.15, 0.2) is 0 Å². The largest absolute Gasteiger partial charge is 0.481 e. The lowest BCUT2D eigenvalue weighted by Gasteiger charge is -2.13. The van der Waals surface area contributed by atoms with Crippen molar-refractivity contribution in [3.8, 4) is 23.2 Å². The molecule has 6 nitrogen and oxygen atoms in total. The van der Waals surface area contributed by atoms with Gasteiger partial charge in [-0.15, -0.1) is 0 Å². The van der Waals surface area contributed by atoms with Crippen LogP contribution in [0.2, 0.25) is 0 Å². The van der Waals surface area contributed by atoms with Gasteiger partial charge in [0.25, 0.3) is 0 Å². The molecule has 2 aromatic carbocycles. The zero-order valence-electron chi connectivity index (χ0n) is 15.9. The molecule has 30 heavy (non-hydrogen) atoms. The predicted octanol–water partition coefficient (Wildman–Crippen LogP) is 4.00. The maximum Gasteiger partial charge on any atom is 0.307 e. The van der Waals surface area contributed by atoms with Gasteiger partial charge in [0.05, 0.1) is 37.0 Å². The number of nitrogens with zero attached hydrogens (tertiary/aromatic N) is 2. The van der Waals surface area contributed by atoms with Gasteiger partial charge in [-0.1, -0.05) is 12.1 Å². The number of fused-ring (bicyclic) bond motifs is 6. The summed E-state index contributed by atoms with van der Waals surface area (Å²) < 4.78 is 26.4. The van der Waals surface area contributed by atoms with Gasteiger partial charge in [-0.2, -0.15) is 5.26 Å². The molecule has 7 heteroatoms. The second kappa shape index (κ2) is 8.31. The minimum atomic E-state index is -1.06. The Balaban J connectivity index is 1.81. The zero-order valence-corrected chi connectivity index (χ0v) is 15.9. The number of carboxylic acids is 1. The molecule has 0 fully saturated rings. The maximum absolute atomic E-state index is 14.8. The van der Waals surface area contributed by atoms with Gasteiger partial charge >= 0.3 is 5.97 Å². The topological polar surface area (TPSA) is 92.4 Å². The van der Waals surface area contributed by atoms with E-state index in [0.29, 0.717) is 28.3 Å². The van der Waals surface area contributed by atoms with Crippen molar-refractivity contribution in [2.24, 2.45) is 0 Å². The third-order valence-corrected chi connectivity index (χ3v) is 4.86. The third kappa shape index (κ3) is 4.14. The van der Waals surface area contributed by atoms with Crippen molar-refractivity contribution in [2.75, 3.05) is 0 Å². The van der Waals surface area contributed by atoms with E-state index in [1.165, 1.54) is 6.07 Å². The molecule has 0 amide bonds. The van der Waals surface area contributed by atoms with Crippen LogP contribution in [0.25, 0.3) is 11.3 Å². The molecule has 150 valence electrons. The number of carbonyl (C=O) groups is 1.